The van der Waals surface area contributed by atoms with Gasteiger partial charge in [-0.3, -0.25) is 0 Å². The molecule has 1 aromatic carbocycles. The summed E-state index contributed by atoms with van der Waals surface area (Å²) >= 11 is 0. The highest BCUT2D eigenvalue weighted by atomic mass is 32.2. The summed E-state index contributed by atoms with van der Waals surface area (Å²) in [5, 5.41) is 0. The van der Waals surface area contributed by atoms with Crippen LogP contribution in [0.15, 0.2) is 23.1 Å². The van der Waals surface area contributed by atoms with Gasteiger partial charge in [0, 0.05) is 19.3 Å². The van der Waals surface area contributed by atoms with Crippen LogP contribution in [-0.2, 0) is 9.84 Å². The van der Waals surface area contributed by atoms with Gasteiger partial charge in [-0.2, -0.15) is 0 Å². The van der Waals surface area contributed by atoms with E-state index in [0.717, 1.165) is 38.3 Å². The van der Waals surface area contributed by atoms with Gasteiger partial charge in [0.05, 0.1) is 10.6 Å². The topological polar surface area (TPSA) is 37.4 Å². The Hall–Kier alpha value is -1.10. The minimum atomic E-state index is -3.38. The maximum Gasteiger partial charge on any atom is 0.177 e. The minimum absolute atomic E-state index is 0.0920. The number of hydrogen-bond donors (Lipinski definition) is 0. The van der Waals surface area contributed by atoms with E-state index in [1.807, 2.05) is 4.90 Å². The summed E-state index contributed by atoms with van der Waals surface area (Å²) in [7, 11) is -3.38. The Kier molecular flexibility index (Phi) is 2.88. The molecule has 0 amide bonds. The van der Waals surface area contributed by atoms with Crippen molar-refractivity contribution in [3.63, 3.8) is 0 Å². The van der Waals surface area contributed by atoms with Gasteiger partial charge < -0.3 is 4.90 Å². The van der Waals surface area contributed by atoms with Crippen molar-refractivity contribution in [2.45, 2.75) is 17.7 Å². The Morgan fingerprint density at radius 1 is 1.25 bits per heavy atom. The zero-order chi connectivity index (χ0) is 11.8. The minimum Gasteiger partial charge on any atom is -0.370 e. The van der Waals surface area contributed by atoms with E-state index in [0.29, 0.717) is 5.69 Å². The molecule has 0 bridgehead atoms. The van der Waals surface area contributed by atoms with Crippen molar-refractivity contribution < 1.29 is 12.8 Å². The molecule has 0 N–H and O–H groups in total. The highest BCUT2D eigenvalue weighted by Gasteiger charge is 2.21. The maximum absolute atomic E-state index is 13.1. The molecule has 0 unspecified atom stereocenters. The third-order valence-electron chi connectivity index (χ3n) is 2.77. The average molecular weight is 243 g/mol. The van der Waals surface area contributed by atoms with E-state index in [-0.39, 0.29) is 4.90 Å². The third-order valence-corrected chi connectivity index (χ3v) is 3.89. The van der Waals surface area contributed by atoms with Crippen LogP contribution in [0.5, 0.6) is 0 Å². The number of sulfone groups is 1. The van der Waals surface area contributed by atoms with Crippen LogP contribution in [0.4, 0.5) is 10.1 Å². The monoisotopic (exact) mass is 243 g/mol. The smallest absolute Gasteiger partial charge is 0.177 e. The Balaban J connectivity index is 2.52. The van der Waals surface area contributed by atoms with Gasteiger partial charge in [0.2, 0.25) is 0 Å². The fourth-order valence-corrected chi connectivity index (χ4v) is 2.91. The summed E-state index contributed by atoms with van der Waals surface area (Å²) in [6.45, 7) is 1.68. The molecular formula is C11H14FNO2S. The molecule has 2 rings (SSSR count). The average Bonchev–Trinajstić information content (AvgIpc) is 2.69. The first-order valence-electron chi connectivity index (χ1n) is 5.23. The Morgan fingerprint density at radius 3 is 2.44 bits per heavy atom. The normalized spacial score (nSPS) is 16.8. The zero-order valence-electron chi connectivity index (χ0n) is 9.11. The van der Waals surface area contributed by atoms with Crippen LogP contribution in [-0.4, -0.2) is 27.8 Å². The van der Waals surface area contributed by atoms with E-state index >= 15 is 0 Å². The van der Waals surface area contributed by atoms with Crippen molar-refractivity contribution in [1.82, 2.24) is 0 Å². The van der Waals surface area contributed by atoms with Gasteiger partial charge in [-0.05, 0) is 31.0 Å². The van der Waals surface area contributed by atoms with Crippen molar-refractivity contribution in [1.29, 1.82) is 0 Å². The third kappa shape index (κ3) is 2.19. The lowest BCUT2D eigenvalue weighted by Gasteiger charge is -2.20. The van der Waals surface area contributed by atoms with Crippen LogP contribution in [0.2, 0.25) is 0 Å². The number of benzene rings is 1. The fraction of sp³-hybridized carbons (Fsp3) is 0.455. The molecule has 0 atom stereocenters. The lowest BCUT2D eigenvalue weighted by molar-refractivity contribution is 0.595. The summed E-state index contributed by atoms with van der Waals surface area (Å²) in [5.41, 5.74) is 0.626. The standard InChI is InChI=1S/C11H14FNO2S/c1-16(14,15)11-8-9(12)4-5-10(11)13-6-2-3-7-13/h4-5,8H,2-3,6-7H2,1H3. The SMILES string of the molecule is CS(=O)(=O)c1cc(F)ccc1N1CCCC1. The van der Waals surface area contributed by atoms with E-state index in [9.17, 15) is 12.8 Å². The van der Waals surface area contributed by atoms with Crippen molar-refractivity contribution in [2.75, 3.05) is 24.2 Å². The van der Waals surface area contributed by atoms with Crippen LogP contribution in [0.25, 0.3) is 0 Å². The van der Waals surface area contributed by atoms with Crippen LogP contribution in [0.1, 0.15) is 12.8 Å². The number of halogens is 1. The van der Waals surface area contributed by atoms with Gasteiger partial charge in [-0.25, -0.2) is 12.8 Å². The molecule has 1 aliphatic rings. The van der Waals surface area contributed by atoms with Gasteiger partial charge in [0.25, 0.3) is 0 Å². The maximum atomic E-state index is 13.1. The predicted octanol–water partition coefficient (Wildman–Crippen LogP) is 1.83. The molecule has 0 spiro atoms. The highest BCUT2D eigenvalue weighted by Crippen LogP contribution is 2.28. The number of anilines is 1. The second-order valence-corrected chi connectivity index (χ2v) is 6.06. The Morgan fingerprint density at radius 2 is 1.88 bits per heavy atom. The predicted molar refractivity (Wildman–Crippen MR) is 61.0 cm³/mol. The Bertz CT molecular complexity index is 493. The summed E-state index contributed by atoms with van der Waals surface area (Å²) in [6.07, 6.45) is 3.22. The van der Waals surface area contributed by atoms with Gasteiger partial charge >= 0.3 is 0 Å². The molecule has 0 saturated carbocycles. The molecule has 1 heterocycles. The molecule has 1 fully saturated rings. The molecule has 5 heteroatoms. The van der Waals surface area contributed by atoms with E-state index in [1.165, 1.54) is 6.07 Å². The highest BCUT2D eigenvalue weighted by molar-refractivity contribution is 7.90. The van der Waals surface area contributed by atoms with Crippen molar-refractivity contribution in [2.24, 2.45) is 0 Å². The molecule has 1 aromatic rings. The quantitative estimate of drug-likeness (QED) is 0.795. The van der Waals surface area contributed by atoms with Crippen molar-refractivity contribution >= 4 is 15.5 Å². The number of nitrogens with zero attached hydrogens (tertiary/aromatic N) is 1. The first-order valence-corrected chi connectivity index (χ1v) is 7.12. The van der Waals surface area contributed by atoms with Crippen LogP contribution < -0.4 is 4.90 Å². The largest absolute Gasteiger partial charge is 0.370 e. The zero-order valence-corrected chi connectivity index (χ0v) is 9.93. The molecule has 1 aliphatic heterocycles. The second kappa shape index (κ2) is 4.05. The lowest BCUT2D eigenvalue weighted by atomic mass is 10.3. The molecule has 0 aliphatic carbocycles. The Labute approximate surface area is 94.8 Å². The lowest BCUT2D eigenvalue weighted by Crippen LogP contribution is -2.20. The first-order chi connectivity index (χ1) is 7.48. The molecular weight excluding hydrogens is 229 g/mol. The molecule has 3 nitrogen and oxygen atoms in total. The van der Waals surface area contributed by atoms with Crippen LogP contribution >= 0.6 is 0 Å². The van der Waals surface area contributed by atoms with Gasteiger partial charge in [0.15, 0.2) is 9.84 Å². The summed E-state index contributed by atoms with van der Waals surface area (Å²) in [5.74, 6) is -0.511. The summed E-state index contributed by atoms with van der Waals surface area (Å²) in [4.78, 5) is 2.09. The van der Waals surface area contributed by atoms with Gasteiger partial charge in [-0.1, -0.05) is 0 Å². The fourth-order valence-electron chi connectivity index (χ4n) is 2.00. The number of rotatable bonds is 2. The summed E-state index contributed by atoms with van der Waals surface area (Å²) < 4.78 is 36.2. The second-order valence-electron chi connectivity index (χ2n) is 4.08. The molecule has 1 saturated heterocycles. The van der Waals surface area contributed by atoms with E-state index in [1.54, 1.807) is 6.07 Å². The number of hydrogen-bond acceptors (Lipinski definition) is 3. The van der Waals surface area contributed by atoms with Gasteiger partial charge in [0.1, 0.15) is 5.82 Å². The molecule has 0 aromatic heterocycles. The van der Waals surface area contributed by atoms with Crippen LogP contribution in [0, 0.1) is 5.82 Å². The summed E-state index contributed by atoms with van der Waals surface area (Å²) in [6, 6.07) is 3.96. The van der Waals surface area contributed by atoms with E-state index in [2.05, 4.69) is 0 Å². The van der Waals surface area contributed by atoms with E-state index in [4.69, 9.17) is 0 Å². The molecule has 0 radical (unpaired) electrons. The molecule has 16 heavy (non-hydrogen) atoms. The molecule has 88 valence electrons. The van der Waals surface area contributed by atoms with Crippen molar-refractivity contribution in [3.05, 3.63) is 24.0 Å². The van der Waals surface area contributed by atoms with E-state index < -0.39 is 15.7 Å². The first kappa shape index (κ1) is 11.4. The van der Waals surface area contributed by atoms with Gasteiger partial charge in [-0.15, -0.1) is 0 Å². The van der Waals surface area contributed by atoms with Crippen molar-refractivity contribution in [3.8, 4) is 0 Å². The van der Waals surface area contributed by atoms with Crippen LogP contribution in [0.3, 0.4) is 0 Å².